The number of anilines is 1. The van der Waals surface area contributed by atoms with Crippen LogP contribution in [0.3, 0.4) is 0 Å². The first kappa shape index (κ1) is 14.8. The Morgan fingerprint density at radius 1 is 1.30 bits per heavy atom. The van der Waals surface area contributed by atoms with Gasteiger partial charge in [0.2, 0.25) is 0 Å². The van der Waals surface area contributed by atoms with Crippen molar-refractivity contribution < 1.29 is 13.3 Å². The minimum atomic E-state index is -1.48. The molecule has 2 rings (SSSR count). The zero-order chi connectivity index (χ0) is 14.7. The molecule has 1 atom stereocenters. The molecule has 0 bridgehead atoms. The molecule has 0 spiro atoms. The van der Waals surface area contributed by atoms with Crippen LogP contribution in [0.25, 0.3) is 0 Å². The Bertz CT molecular complexity index is 664. The lowest BCUT2D eigenvalue weighted by Gasteiger charge is -2.10. The van der Waals surface area contributed by atoms with E-state index in [4.69, 9.17) is 22.1 Å². The van der Waals surface area contributed by atoms with Gasteiger partial charge in [0.15, 0.2) is 0 Å². The third kappa shape index (κ3) is 3.29. The molecule has 0 saturated heterocycles. The quantitative estimate of drug-likeness (QED) is 0.880. The molecule has 3 nitrogen and oxygen atoms in total. The Morgan fingerprint density at radius 2 is 2.05 bits per heavy atom. The number of benzene rings is 2. The Kier molecular flexibility index (Phi) is 4.62. The molecule has 0 heterocycles. The van der Waals surface area contributed by atoms with E-state index in [0.717, 1.165) is 0 Å². The standard InChI is InChI=1S/C14H13ClFNO2S/c1-19-13-5-2-10(15)6-9(13)8-20(18)14-7-11(16)3-4-12(14)17/h2-7H,8,17H2,1H3. The molecule has 0 amide bonds. The van der Waals surface area contributed by atoms with Crippen LogP contribution < -0.4 is 10.5 Å². The number of methoxy groups -OCH3 is 1. The zero-order valence-corrected chi connectivity index (χ0v) is 12.3. The zero-order valence-electron chi connectivity index (χ0n) is 10.7. The average Bonchev–Trinajstić information content (AvgIpc) is 2.41. The number of nitrogens with two attached hydrogens (primary N) is 1. The van der Waals surface area contributed by atoms with Gasteiger partial charge in [0.1, 0.15) is 11.6 Å². The number of ether oxygens (including phenoxy) is 1. The molecule has 2 N–H and O–H groups in total. The number of hydrogen-bond acceptors (Lipinski definition) is 3. The van der Waals surface area contributed by atoms with Crippen molar-refractivity contribution in [2.75, 3.05) is 12.8 Å². The summed E-state index contributed by atoms with van der Waals surface area (Å²) in [6.45, 7) is 0. The van der Waals surface area contributed by atoms with Crippen LogP contribution >= 0.6 is 11.6 Å². The summed E-state index contributed by atoms with van der Waals surface area (Å²) in [5.74, 6) is 0.260. The van der Waals surface area contributed by atoms with Gasteiger partial charge in [-0.05, 0) is 36.4 Å². The van der Waals surface area contributed by atoms with Crippen LogP contribution in [0.1, 0.15) is 5.56 Å². The van der Waals surface area contributed by atoms with Gasteiger partial charge >= 0.3 is 0 Å². The SMILES string of the molecule is COc1ccc(Cl)cc1CS(=O)c1cc(F)ccc1N. The van der Waals surface area contributed by atoms with Gasteiger partial charge in [-0.15, -0.1) is 0 Å². The molecule has 2 aromatic rings. The summed E-state index contributed by atoms with van der Waals surface area (Å²) >= 11 is 5.92. The van der Waals surface area contributed by atoms with E-state index in [1.165, 1.54) is 25.3 Å². The highest BCUT2D eigenvalue weighted by Crippen LogP contribution is 2.27. The van der Waals surface area contributed by atoms with Crippen molar-refractivity contribution in [1.29, 1.82) is 0 Å². The fourth-order valence-electron chi connectivity index (χ4n) is 1.78. The molecule has 2 aromatic carbocycles. The molecule has 1 unspecified atom stereocenters. The molecular weight excluding hydrogens is 301 g/mol. The van der Waals surface area contributed by atoms with Gasteiger partial charge < -0.3 is 10.5 Å². The molecule has 0 aliphatic carbocycles. The largest absolute Gasteiger partial charge is 0.496 e. The van der Waals surface area contributed by atoms with E-state index < -0.39 is 16.6 Å². The highest BCUT2D eigenvalue weighted by atomic mass is 35.5. The lowest BCUT2D eigenvalue weighted by molar-refractivity contribution is 0.411. The van der Waals surface area contributed by atoms with E-state index in [1.807, 2.05) is 0 Å². The van der Waals surface area contributed by atoms with Crippen molar-refractivity contribution in [2.45, 2.75) is 10.6 Å². The van der Waals surface area contributed by atoms with Gasteiger partial charge in [0, 0.05) is 16.3 Å². The highest BCUT2D eigenvalue weighted by molar-refractivity contribution is 7.84. The van der Waals surface area contributed by atoms with Gasteiger partial charge in [-0.2, -0.15) is 0 Å². The lowest BCUT2D eigenvalue weighted by atomic mass is 10.2. The third-order valence-corrected chi connectivity index (χ3v) is 4.40. The second kappa shape index (κ2) is 6.24. The molecule has 0 aromatic heterocycles. The van der Waals surface area contributed by atoms with Crippen molar-refractivity contribution in [3.8, 4) is 5.75 Å². The summed E-state index contributed by atoms with van der Waals surface area (Å²) in [5.41, 5.74) is 6.71. The number of halogens is 2. The fraction of sp³-hybridized carbons (Fsp3) is 0.143. The number of nitrogen functional groups attached to an aromatic ring is 1. The van der Waals surface area contributed by atoms with Crippen molar-refractivity contribution >= 4 is 28.1 Å². The maximum absolute atomic E-state index is 13.2. The first-order valence-electron chi connectivity index (χ1n) is 5.77. The van der Waals surface area contributed by atoms with Gasteiger partial charge in [-0.1, -0.05) is 11.6 Å². The molecule has 20 heavy (non-hydrogen) atoms. The van der Waals surface area contributed by atoms with E-state index in [-0.39, 0.29) is 10.6 Å². The lowest BCUT2D eigenvalue weighted by Crippen LogP contribution is -2.03. The van der Waals surface area contributed by atoms with E-state index in [1.54, 1.807) is 18.2 Å². The summed E-state index contributed by atoms with van der Waals surface area (Å²) in [6, 6.07) is 8.87. The Morgan fingerprint density at radius 3 is 2.75 bits per heavy atom. The predicted octanol–water partition coefficient (Wildman–Crippen LogP) is 3.38. The topological polar surface area (TPSA) is 52.3 Å². The van der Waals surface area contributed by atoms with Gasteiger partial charge in [0.05, 0.1) is 28.6 Å². The minimum absolute atomic E-state index is 0.150. The van der Waals surface area contributed by atoms with Crippen LogP contribution in [0.15, 0.2) is 41.3 Å². The molecule has 0 saturated carbocycles. The molecular formula is C14H13ClFNO2S. The van der Waals surface area contributed by atoms with Crippen LogP contribution in [-0.2, 0) is 16.6 Å². The Balaban J connectivity index is 2.32. The summed E-state index contributed by atoms with van der Waals surface area (Å²) in [4.78, 5) is 0.270. The maximum atomic E-state index is 13.2. The molecule has 0 radical (unpaired) electrons. The monoisotopic (exact) mass is 313 g/mol. The molecule has 0 aliphatic heterocycles. The molecule has 106 valence electrons. The van der Waals surface area contributed by atoms with Crippen LogP contribution in [0.4, 0.5) is 10.1 Å². The van der Waals surface area contributed by atoms with Crippen molar-refractivity contribution in [3.05, 3.63) is 52.8 Å². The van der Waals surface area contributed by atoms with Gasteiger partial charge in [-0.3, -0.25) is 4.21 Å². The number of rotatable bonds is 4. The van der Waals surface area contributed by atoms with Crippen molar-refractivity contribution in [3.63, 3.8) is 0 Å². The van der Waals surface area contributed by atoms with Crippen LogP contribution in [0.2, 0.25) is 5.02 Å². The minimum Gasteiger partial charge on any atom is -0.496 e. The van der Waals surface area contributed by atoms with Gasteiger partial charge in [-0.25, -0.2) is 4.39 Å². The smallest absolute Gasteiger partial charge is 0.124 e. The summed E-state index contributed by atoms with van der Waals surface area (Å²) in [6.07, 6.45) is 0. The first-order chi connectivity index (χ1) is 9.51. The maximum Gasteiger partial charge on any atom is 0.124 e. The van der Waals surface area contributed by atoms with E-state index >= 15 is 0 Å². The van der Waals surface area contributed by atoms with E-state index in [9.17, 15) is 8.60 Å². The summed E-state index contributed by atoms with van der Waals surface area (Å²) in [7, 11) is 0.0400. The van der Waals surface area contributed by atoms with Crippen molar-refractivity contribution in [2.24, 2.45) is 0 Å². The van der Waals surface area contributed by atoms with E-state index in [0.29, 0.717) is 22.0 Å². The van der Waals surface area contributed by atoms with Crippen LogP contribution in [0, 0.1) is 5.82 Å². The summed E-state index contributed by atoms with van der Waals surface area (Å²) in [5, 5.41) is 0.519. The normalized spacial score (nSPS) is 12.2. The summed E-state index contributed by atoms with van der Waals surface area (Å²) < 4.78 is 30.7. The van der Waals surface area contributed by atoms with Gasteiger partial charge in [0.25, 0.3) is 0 Å². The van der Waals surface area contributed by atoms with Crippen LogP contribution in [-0.4, -0.2) is 11.3 Å². The average molecular weight is 314 g/mol. The predicted molar refractivity (Wildman–Crippen MR) is 78.9 cm³/mol. The van der Waals surface area contributed by atoms with Crippen LogP contribution in [0.5, 0.6) is 5.75 Å². The Labute approximate surface area is 124 Å². The number of hydrogen-bond donors (Lipinski definition) is 1. The first-order valence-corrected chi connectivity index (χ1v) is 7.46. The molecule has 6 heteroatoms. The second-order valence-electron chi connectivity index (χ2n) is 4.13. The third-order valence-electron chi connectivity index (χ3n) is 2.75. The fourth-order valence-corrected chi connectivity index (χ4v) is 3.22. The second-order valence-corrected chi connectivity index (χ2v) is 5.98. The van der Waals surface area contributed by atoms with Crippen molar-refractivity contribution in [1.82, 2.24) is 0 Å². The Hall–Kier alpha value is -1.59. The molecule has 0 fully saturated rings. The molecule has 0 aliphatic rings. The van der Waals surface area contributed by atoms with E-state index in [2.05, 4.69) is 0 Å². The highest BCUT2D eigenvalue weighted by Gasteiger charge is 2.13.